The molecule has 0 aliphatic carbocycles. The number of rotatable bonds is 6. The molecule has 1 saturated heterocycles. The van der Waals surface area contributed by atoms with E-state index in [9.17, 15) is 4.79 Å². The van der Waals surface area contributed by atoms with Gasteiger partial charge in [0.1, 0.15) is 5.82 Å². The summed E-state index contributed by atoms with van der Waals surface area (Å²) in [6, 6.07) is 9.97. The summed E-state index contributed by atoms with van der Waals surface area (Å²) in [5.74, 6) is 1.84. The van der Waals surface area contributed by atoms with Gasteiger partial charge < -0.3 is 15.2 Å². The zero-order chi connectivity index (χ0) is 17.6. The molecule has 134 valence electrons. The van der Waals surface area contributed by atoms with Crippen LogP contribution in [0.3, 0.4) is 0 Å². The van der Waals surface area contributed by atoms with Crippen molar-refractivity contribution >= 4 is 17.7 Å². The van der Waals surface area contributed by atoms with Crippen LogP contribution in [-0.2, 0) is 11.8 Å². The van der Waals surface area contributed by atoms with Gasteiger partial charge in [-0.3, -0.25) is 4.79 Å². The predicted molar refractivity (Wildman–Crippen MR) is 99.6 cm³/mol. The van der Waals surface area contributed by atoms with E-state index < -0.39 is 0 Å². The summed E-state index contributed by atoms with van der Waals surface area (Å²) in [7, 11) is 1.99. The highest BCUT2D eigenvalue weighted by molar-refractivity contribution is 7.99. The van der Waals surface area contributed by atoms with Crippen LogP contribution in [0.25, 0.3) is 0 Å². The minimum atomic E-state index is -0.000837. The summed E-state index contributed by atoms with van der Waals surface area (Å²) in [5, 5.41) is 15.8. The Morgan fingerprint density at radius 1 is 1.32 bits per heavy atom. The van der Waals surface area contributed by atoms with Gasteiger partial charge in [-0.25, -0.2) is 0 Å². The maximum Gasteiger partial charge on any atom is 0.230 e. The van der Waals surface area contributed by atoms with Crippen LogP contribution in [0.2, 0.25) is 0 Å². The molecule has 7 heteroatoms. The molecule has 0 spiro atoms. The molecule has 1 aliphatic heterocycles. The van der Waals surface area contributed by atoms with Crippen molar-refractivity contribution in [2.24, 2.45) is 7.05 Å². The molecule has 6 nitrogen and oxygen atoms in total. The molecule has 0 saturated carbocycles. The fraction of sp³-hybridized carbons (Fsp3) is 0.500. The van der Waals surface area contributed by atoms with Gasteiger partial charge in [-0.15, -0.1) is 10.2 Å². The first kappa shape index (κ1) is 17.9. The van der Waals surface area contributed by atoms with Crippen molar-refractivity contribution < 1.29 is 4.79 Å². The lowest BCUT2D eigenvalue weighted by Crippen LogP contribution is -2.28. The average molecular weight is 359 g/mol. The van der Waals surface area contributed by atoms with E-state index in [0.717, 1.165) is 42.5 Å². The smallest absolute Gasteiger partial charge is 0.230 e. The molecule has 0 unspecified atom stereocenters. The van der Waals surface area contributed by atoms with Crippen LogP contribution in [0.4, 0.5) is 0 Å². The van der Waals surface area contributed by atoms with Crippen molar-refractivity contribution in [2.75, 3.05) is 18.8 Å². The molecule has 2 aromatic rings. The van der Waals surface area contributed by atoms with Gasteiger partial charge in [-0.2, -0.15) is 0 Å². The zero-order valence-electron chi connectivity index (χ0n) is 14.7. The molecule has 1 aliphatic rings. The second kappa shape index (κ2) is 8.49. The van der Waals surface area contributed by atoms with Crippen LogP contribution in [0.15, 0.2) is 35.5 Å². The van der Waals surface area contributed by atoms with Gasteiger partial charge in [0.15, 0.2) is 5.16 Å². The van der Waals surface area contributed by atoms with Crippen molar-refractivity contribution in [1.29, 1.82) is 0 Å². The number of nitrogens with zero attached hydrogens (tertiary/aromatic N) is 3. The van der Waals surface area contributed by atoms with E-state index in [1.54, 1.807) is 0 Å². The standard InChI is InChI=1S/C18H25N5OS/c1-13(14-6-4-3-5-7-14)20-16(24)12-25-18-22-21-17(23(18)2)15-8-10-19-11-9-15/h3-7,13,15,19H,8-12H2,1-2H3,(H,20,24)/t13-/m1/s1. The second-order valence-electron chi connectivity index (χ2n) is 6.41. The van der Waals surface area contributed by atoms with Gasteiger partial charge >= 0.3 is 0 Å². The van der Waals surface area contributed by atoms with Crippen LogP contribution in [-0.4, -0.2) is 39.5 Å². The average Bonchev–Trinajstić information content (AvgIpc) is 3.02. The number of thioether (sulfide) groups is 1. The topological polar surface area (TPSA) is 71.8 Å². The molecule has 3 rings (SSSR count). The summed E-state index contributed by atoms with van der Waals surface area (Å²) in [6.45, 7) is 4.05. The lowest BCUT2D eigenvalue weighted by atomic mass is 9.97. The minimum Gasteiger partial charge on any atom is -0.349 e. The highest BCUT2D eigenvalue weighted by Crippen LogP contribution is 2.26. The summed E-state index contributed by atoms with van der Waals surface area (Å²) in [5.41, 5.74) is 1.10. The van der Waals surface area contributed by atoms with Crippen LogP contribution < -0.4 is 10.6 Å². The number of amides is 1. The maximum absolute atomic E-state index is 12.2. The number of carbonyl (C=O) groups is 1. The lowest BCUT2D eigenvalue weighted by Gasteiger charge is -2.21. The molecular weight excluding hydrogens is 334 g/mol. The molecule has 1 amide bonds. The largest absolute Gasteiger partial charge is 0.349 e. The van der Waals surface area contributed by atoms with Gasteiger partial charge in [0, 0.05) is 13.0 Å². The van der Waals surface area contributed by atoms with Crippen LogP contribution >= 0.6 is 11.8 Å². The number of nitrogens with one attached hydrogen (secondary N) is 2. The van der Waals surface area contributed by atoms with Gasteiger partial charge in [0.2, 0.25) is 5.91 Å². The summed E-state index contributed by atoms with van der Waals surface area (Å²) >= 11 is 1.44. The molecule has 1 aromatic heterocycles. The molecule has 25 heavy (non-hydrogen) atoms. The molecule has 1 aromatic carbocycles. The Bertz CT molecular complexity index is 697. The molecule has 2 heterocycles. The minimum absolute atomic E-state index is 0.000837. The van der Waals surface area contributed by atoms with Crippen LogP contribution in [0.1, 0.15) is 43.1 Å². The Hall–Kier alpha value is -1.86. The van der Waals surface area contributed by atoms with E-state index in [2.05, 4.69) is 20.8 Å². The van der Waals surface area contributed by atoms with Crippen molar-refractivity contribution in [2.45, 2.75) is 36.9 Å². The third-order valence-corrected chi connectivity index (χ3v) is 5.60. The maximum atomic E-state index is 12.2. The van der Waals surface area contributed by atoms with Crippen molar-refractivity contribution in [3.63, 3.8) is 0 Å². The van der Waals surface area contributed by atoms with Crippen LogP contribution in [0, 0.1) is 0 Å². The monoisotopic (exact) mass is 359 g/mol. The summed E-state index contributed by atoms with van der Waals surface area (Å²) < 4.78 is 2.04. The van der Waals surface area contributed by atoms with Gasteiger partial charge in [-0.1, -0.05) is 42.1 Å². The first-order valence-electron chi connectivity index (χ1n) is 8.72. The summed E-state index contributed by atoms with van der Waals surface area (Å²) in [4.78, 5) is 12.2. The Kier molecular flexibility index (Phi) is 6.09. The number of benzene rings is 1. The second-order valence-corrected chi connectivity index (χ2v) is 7.36. The van der Waals surface area contributed by atoms with E-state index in [0.29, 0.717) is 11.7 Å². The van der Waals surface area contributed by atoms with Gasteiger partial charge in [-0.05, 0) is 38.4 Å². The van der Waals surface area contributed by atoms with Crippen molar-refractivity contribution in [1.82, 2.24) is 25.4 Å². The van der Waals surface area contributed by atoms with E-state index in [1.807, 2.05) is 48.9 Å². The third kappa shape index (κ3) is 4.61. The molecule has 1 atom stereocenters. The van der Waals surface area contributed by atoms with E-state index >= 15 is 0 Å². The van der Waals surface area contributed by atoms with Crippen molar-refractivity contribution in [3.05, 3.63) is 41.7 Å². The van der Waals surface area contributed by atoms with Gasteiger partial charge in [0.25, 0.3) is 0 Å². The highest BCUT2D eigenvalue weighted by Gasteiger charge is 2.22. The number of hydrogen-bond acceptors (Lipinski definition) is 5. The van der Waals surface area contributed by atoms with E-state index in [4.69, 9.17) is 0 Å². The fourth-order valence-electron chi connectivity index (χ4n) is 3.13. The molecule has 0 radical (unpaired) electrons. The number of piperidine rings is 1. The van der Waals surface area contributed by atoms with E-state index in [-0.39, 0.29) is 11.9 Å². The lowest BCUT2D eigenvalue weighted by molar-refractivity contribution is -0.119. The Morgan fingerprint density at radius 2 is 2.04 bits per heavy atom. The first-order valence-corrected chi connectivity index (χ1v) is 9.71. The Morgan fingerprint density at radius 3 is 2.76 bits per heavy atom. The molecule has 0 bridgehead atoms. The number of aromatic nitrogens is 3. The Balaban J connectivity index is 1.53. The quantitative estimate of drug-likeness (QED) is 0.774. The predicted octanol–water partition coefficient (Wildman–Crippen LogP) is 2.25. The number of hydrogen-bond donors (Lipinski definition) is 2. The van der Waals surface area contributed by atoms with Crippen molar-refractivity contribution in [3.8, 4) is 0 Å². The molecule has 1 fully saturated rings. The highest BCUT2D eigenvalue weighted by atomic mass is 32.2. The fourth-order valence-corrected chi connectivity index (χ4v) is 3.86. The molecular formula is C18H25N5OS. The normalized spacial score (nSPS) is 16.6. The SMILES string of the molecule is C[C@@H](NC(=O)CSc1nnc(C2CCNCC2)n1C)c1ccccc1. The number of carbonyl (C=O) groups excluding carboxylic acids is 1. The zero-order valence-corrected chi connectivity index (χ0v) is 15.6. The Labute approximate surface area is 152 Å². The van der Waals surface area contributed by atoms with Gasteiger partial charge in [0.05, 0.1) is 11.8 Å². The van der Waals surface area contributed by atoms with E-state index in [1.165, 1.54) is 11.8 Å². The van der Waals surface area contributed by atoms with Crippen LogP contribution in [0.5, 0.6) is 0 Å². The molecule has 2 N–H and O–H groups in total. The first-order chi connectivity index (χ1) is 12.1. The third-order valence-electron chi connectivity index (χ3n) is 4.58. The summed E-state index contributed by atoms with van der Waals surface area (Å²) in [6.07, 6.45) is 2.18.